The monoisotopic (exact) mass is 213 g/mol. The van der Waals surface area contributed by atoms with Crippen molar-refractivity contribution < 1.29 is 5.21 Å². The second-order valence-corrected chi connectivity index (χ2v) is 5.20. The first kappa shape index (κ1) is 12.3. The van der Waals surface area contributed by atoms with Crippen LogP contribution >= 0.6 is 0 Å². The van der Waals surface area contributed by atoms with Crippen LogP contribution in [0.1, 0.15) is 39.5 Å². The minimum Gasteiger partial charge on any atom is -0.409 e. The molecule has 1 saturated heterocycles. The van der Waals surface area contributed by atoms with E-state index in [0.717, 1.165) is 13.0 Å². The number of likely N-dealkylation sites (tertiary alicyclic amines) is 1. The Morgan fingerprint density at radius 3 is 2.53 bits per heavy atom. The van der Waals surface area contributed by atoms with E-state index in [1.165, 1.54) is 25.9 Å². The molecule has 1 heterocycles. The fourth-order valence-electron chi connectivity index (χ4n) is 1.92. The molecule has 0 saturated carbocycles. The smallest absolute Gasteiger partial charge is 0.139 e. The van der Waals surface area contributed by atoms with Crippen molar-refractivity contribution in [2.75, 3.05) is 19.6 Å². The maximum atomic E-state index is 8.39. The van der Waals surface area contributed by atoms with Crippen molar-refractivity contribution in [3.05, 3.63) is 0 Å². The largest absolute Gasteiger partial charge is 0.409 e. The standard InChI is InChI=1S/C11H23N3O/c1-11(2)5-8-14(9-6-11)7-3-4-10(12)13-15/h15H,3-9H2,1-2H3,(H2,12,13). The third-order valence-corrected chi connectivity index (χ3v) is 3.25. The summed E-state index contributed by atoms with van der Waals surface area (Å²) in [6, 6.07) is 0. The van der Waals surface area contributed by atoms with Gasteiger partial charge in [-0.25, -0.2) is 0 Å². The maximum absolute atomic E-state index is 8.39. The Balaban J connectivity index is 2.14. The molecule has 3 N–H and O–H groups in total. The lowest BCUT2D eigenvalue weighted by molar-refractivity contribution is 0.132. The maximum Gasteiger partial charge on any atom is 0.139 e. The van der Waals surface area contributed by atoms with E-state index in [1.54, 1.807) is 0 Å². The number of amidine groups is 1. The lowest BCUT2D eigenvalue weighted by Gasteiger charge is -2.36. The number of nitrogens with two attached hydrogens (primary N) is 1. The van der Waals surface area contributed by atoms with Crippen molar-refractivity contribution in [3.8, 4) is 0 Å². The van der Waals surface area contributed by atoms with E-state index in [9.17, 15) is 0 Å². The van der Waals surface area contributed by atoms with Crippen LogP contribution in [0, 0.1) is 5.41 Å². The lowest BCUT2D eigenvalue weighted by atomic mass is 9.82. The predicted octanol–water partition coefficient (Wildman–Crippen LogP) is 1.63. The van der Waals surface area contributed by atoms with Gasteiger partial charge in [0.1, 0.15) is 5.84 Å². The molecule has 1 rings (SSSR count). The van der Waals surface area contributed by atoms with Crippen molar-refractivity contribution in [1.82, 2.24) is 4.90 Å². The van der Waals surface area contributed by atoms with Crippen LogP contribution in [0.4, 0.5) is 0 Å². The molecule has 0 aromatic rings. The summed E-state index contributed by atoms with van der Waals surface area (Å²) in [5.74, 6) is 0.340. The van der Waals surface area contributed by atoms with Gasteiger partial charge in [-0.3, -0.25) is 0 Å². The van der Waals surface area contributed by atoms with Crippen LogP contribution in [0.2, 0.25) is 0 Å². The van der Waals surface area contributed by atoms with Crippen LogP contribution in [-0.4, -0.2) is 35.6 Å². The summed E-state index contributed by atoms with van der Waals surface area (Å²) < 4.78 is 0. The molecule has 1 aliphatic rings. The average molecular weight is 213 g/mol. The number of hydrogen-bond acceptors (Lipinski definition) is 3. The van der Waals surface area contributed by atoms with Gasteiger partial charge < -0.3 is 15.8 Å². The molecule has 4 heteroatoms. The number of oxime groups is 1. The first-order chi connectivity index (χ1) is 7.03. The third kappa shape index (κ3) is 4.51. The molecule has 0 spiro atoms. The third-order valence-electron chi connectivity index (χ3n) is 3.25. The molecule has 1 fully saturated rings. The minimum absolute atomic E-state index is 0.340. The molecule has 0 radical (unpaired) electrons. The van der Waals surface area contributed by atoms with Gasteiger partial charge in [0, 0.05) is 6.42 Å². The molecule has 88 valence electrons. The summed E-state index contributed by atoms with van der Waals surface area (Å²) in [6.07, 6.45) is 4.22. The first-order valence-electron chi connectivity index (χ1n) is 5.72. The summed E-state index contributed by atoms with van der Waals surface area (Å²) in [5, 5.41) is 11.4. The Hall–Kier alpha value is -0.770. The Morgan fingerprint density at radius 1 is 1.40 bits per heavy atom. The Morgan fingerprint density at radius 2 is 2.00 bits per heavy atom. The molecule has 1 aliphatic heterocycles. The van der Waals surface area contributed by atoms with Gasteiger partial charge in [-0.05, 0) is 44.3 Å². The summed E-state index contributed by atoms with van der Waals surface area (Å²) in [5.41, 5.74) is 5.93. The van der Waals surface area contributed by atoms with E-state index in [-0.39, 0.29) is 0 Å². The van der Waals surface area contributed by atoms with Gasteiger partial charge in [-0.15, -0.1) is 0 Å². The van der Waals surface area contributed by atoms with Crippen molar-refractivity contribution in [2.24, 2.45) is 16.3 Å². The zero-order chi connectivity index (χ0) is 11.3. The van der Waals surface area contributed by atoms with Crippen LogP contribution < -0.4 is 5.73 Å². The van der Waals surface area contributed by atoms with E-state index in [0.29, 0.717) is 17.7 Å². The van der Waals surface area contributed by atoms with Crippen molar-refractivity contribution >= 4 is 5.84 Å². The molecule has 0 aromatic carbocycles. The van der Waals surface area contributed by atoms with Gasteiger partial charge in [0.05, 0.1) is 0 Å². The lowest BCUT2D eigenvalue weighted by Crippen LogP contribution is -2.38. The Kier molecular flexibility index (Phi) is 4.39. The molecule has 0 unspecified atom stereocenters. The van der Waals surface area contributed by atoms with Crippen molar-refractivity contribution in [3.63, 3.8) is 0 Å². The second-order valence-electron chi connectivity index (χ2n) is 5.20. The SMILES string of the molecule is CC1(C)CCN(CCCC(N)=NO)CC1. The molecule has 15 heavy (non-hydrogen) atoms. The van der Waals surface area contributed by atoms with E-state index >= 15 is 0 Å². The highest BCUT2D eigenvalue weighted by Crippen LogP contribution is 2.29. The number of rotatable bonds is 4. The van der Waals surface area contributed by atoms with E-state index in [2.05, 4.69) is 23.9 Å². The molecule has 0 aliphatic carbocycles. The van der Waals surface area contributed by atoms with Crippen LogP contribution in [0.3, 0.4) is 0 Å². The minimum atomic E-state index is 0.340. The fourth-order valence-corrected chi connectivity index (χ4v) is 1.92. The van der Waals surface area contributed by atoms with Gasteiger partial charge in [0.2, 0.25) is 0 Å². The Bertz CT molecular complexity index is 216. The quantitative estimate of drug-likeness (QED) is 0.323. The fraction of sp³-hybridized carbons (Fsp3) is 0.909. The molecule has 0 atom stereocenters. The van der Waals surface area contributed by atoms with Crippen molar-refractivity contribution in [2.45, 2.75) is 39.5 Å². The van der Waals surface area contributed by atoms with Crippen LogP contribution in [0.15, 0.2) is 5.16 Å². The van der Waals surface area contributed by atoms with Crippen molar-refractivity contribution in [1.29, 1.82) is 0 Å². The van der Waals surface area contributed by atoms with E-state index in [4.69, 9.17) is 10.9 Å². The highest BCUT2D eigenvalue weighted by atomic mass is 16.4. The van der Waals surface area contributed by atoms with Crippen LogP contribution in [-0.2, 0) is 0 Å². The number of piperidine rings is 1. The first-order valence-corrected chi connectivity index (χ1v) is 5.72. The molecular formula is C11H23N3O. The van der Waals surface area contributed by atoms with Gasteiger partial charge >= 0.3 is 0 Å². The Labute approximate surface area is 92.1 Å². The van der Waals surface area contributed by atoms with E-state index < -0.39 is 0 Å². The summed E-state index contributed by atoms with van der Waals surface area (Å²) in [6.45, 7) is 8.10. The second kappa shape index (κ2) is 5.35. The van der Waals surface area contributed by atoms with Gasteiger partial charge in [0.15, 0.2) is 0 Å². The van der Waals surface area contributed by atoms with Crippen LogP contribution in [0.5, 0.6) is 0 Å². The summed E-state index contributed by atoms with van der Waals surface area (Å²) >= 11 is 0. The predicted molar refractivity (Wildman–Crippen MR) is 62.1 cm³/mol. The summed E-state index contributed by atoms with van der Waals surface area (Å²) in [4.78, 5) is 2.47. The molecule has 0 aromatic heterocycles. The van der Waals surface area contributed by atoms with Gasteiger partial charge in [0.25, 0.3) is 0 Å². The zero-order valence-corrected chi connectivity index (χ0v) is 9.87. The van der Waals surface area contributed by atoms with Crippen LogP contribution in [0.25, 0.3) is 0 Å². The number of hydrogen-bond donors (Lipinski definition) is 2. The van der Waals surface area contributed by atoms with E-state index in [1.807, 2.05) is 0 Å². The number of nitrogens with zero attached hydrogens (tertiary/aromatic N) is 2. The molecular weight excluding hydrogens is 190 g/mol. The highest BCUT2D eigenvalue weighted by molar-refractivity contribution is 5.79. The highest BCUT2D eigenvalue weighted by Gasteiger charge is 2.24. The molecule has 0 bridgehead atoms. The van der Waals surface area contributed by atoms with Gasteiger partial charge in [-0.2, -0.15) is 0 Å². The molecule has 0 amide bonds. The summed E-state index contributed by atoms with van der Waals surface area (Å²) in [7, 11) is 0. The average Bonchev–Trinajstić information content (AvgIpc) is 2.20. The topological polar surface area (TPSA) is 61.8 Å². The van der Waals surface area contributed by atoms with Gasteiger partial charge in [-0.1, -0.05) is 19.0 Å². The zero-order valence-electron chi connectivity index (χ0n) is 9.87. The molecule has 4 nitrogen and oxygen atoms in total. The normalized spacial score (nSPS) is 22.9.